The molecule has 4 atom stereocenters. The van der Waals surface area contributed by atoms with E-state index in [4.69, 9.17) is 4.74 Å². The lowest BCUT2D eigenvalue weighted by Crippen LogP contribution is -2.57. The number of fused-ring (bicyclic) bond motifs is 1. The molecule has 0 radical (unpaired) electrons. The van der Waals surface area contributed by atoms with Crippen molar-refractivity contribution in [1.82, 2.24) is 20.1 Å². The van der Waals surface area contributed by atoms with Crippen molar-refractivity contribution in [3.05, 3.63) is 216 Å². The van der Waals surface area contributed by atoms with Crippen molar-refractivity contribution in [2.45, 2.75) is 49.2 Å². The Morgan fingerprint density at radius 3 is 1.75 bits per heavy atom. The van der Waals surface area contributed by atoms with Crippen LogP contribution in [-0.4, -0.2) is 79.4 Å². The Kier molecular flexibility index (Phi) is 13.5. The van der Waals surface area contributed by atoms with Gasteiger partial charge in [0.25, 0.3) is 0 Å². The molecule has 1 aliphatic rings. The van der Waals surface area contributed by atoms with Crippen LogP contribution in [0.1, 0.15) is 33.4 Å². The van der Waals surface area contributed by atoms with Gasteiger partial charge in [-0.1, -0.05) is 170 Å². The first-order chi connectivity index (χ1) is 31.2. The molecule has 0 saturated carbocycles. The van der Waals surface area contributed by atoms with Gasteiger partial charge in [0.15, 0.2) is 6.10 Å². The van der Waals surface area contributed by atoms with Crippen molar-refractivity contribution >= 4 is 46.5 Å². The van der Waals surface area contributed by atoms with Gasteiger partial charge in [0.05, 0.1) is 11.9 Å². The van der Waals surface area contributed by atoms with Crippen LogP contribution in [0.25, 0.3) is 10.9 Å². The molecular weight excluding hydrogens is 825 g/mol. The highest BCUT2D eigenvalue weighted by Crippen LogP contribution is 2.44. The van der Waals surface area contributed by atoms with Crippen molar-refractivity contribution in [3.8, 4) is 0 Å². The summed E-state index contributed by atoms with van der Waals surface area (Å²) in [6.07, 6.45) is -0.572. The highest BCUT2D eigenvalue weighted by molar-refractivity contribution is 7.99. The molecule has 11 nitrogen and oxygen atoms in total. The molecule has 6 aromatic carbocycles. The quantitative estimate of drug-likeness (QED) is 0.0735. The van der Waals surface area contributed by atoms with E-state index in [1.165, 1.54) is 16.7 Å². The predicted molar refractivity (Wildman–Crippen MR) is 247 cm³/mol. The summed E-state index contributed by atoms with van der Waals surface area (Å²) < 4.78 is 7.91. The van der Waals surface area contributed by atoms with Crippen molar-refractivity contribution in [3.63, 3.8) is 0 Å². The van der Waals surface area contributed by atoms with Gasteiger partial charge in [0, 0.05) is 29.3 Å². The summed E-state index contributed by atoms with van der Waals surface area (Å²) in [7, 11) is 0. The van der Waals surface area contributed by atoms with Crippen LogP contribution in [0.4, 0.5) is 4.79 Å². The van der Waals surface area contributed by atoms with E-state index >= 15 is 4.79 Å². The molecule has 12 heteroatoms. The summed E-state index contributed by atoms with van der Waals surface area (Å²) in [5.74, 6) is -2.25. The number of alkyl carbamates (subject to hydrolysis) is 1. The second-order valence-corrected chi connectivity index (χ2v) is 16.7. The number of aliphatic hydroxyl groups is 1. The molecule has 1 saturated heterocycles. The van der Waals surface area contributed by atoms with Crippen molar-refractivity contribution in [2.24, 2.45) is 0 Å². The number of carboxylic acids is 1. The second-order valence-electron chi connectivity index (χ2n) is 15.7. The monoisotopic (exact) mass is 872 g/mol. The van der Waals surface area contributed by atoms with Gasteiger partial charge >= 0.3 is 12.1 Å². The topological polar surface area (TPSA) is 150 Å². The average Bonchev–Trinajstić information content (AvgIpc) is 3.98. The van der Waals surface area contributed by atoms with Crippen LogP contribution in [0.15, 0.2) is 182 Å². The zero-order valence-corrected chi connectivity index (χ0v) is 35.7. The standard InChI is InChI=1S/C52H48N4O7S/c57-47(50(60)61)43(30-36-18-6-1-7-19-36)53-48(58)46-34-64-35-55(46)49(59)44(54-51(62)63-33-37-20-8-2-9-21-37)31-38-32-56(45-29-17-16-28-42(38)45)52(39-22-10-3-11-23-39,40-24-12-4-13-25-40)41-26-14-5-15-27-41/h1-29,32,43-44,46-47,57H,30-31,33-35H2,(H,53,58)(H,54,62)(H,60,61)/t43-,44-,46-,47?/m0/s1. The minimum atomic E-state index is -1.90. The molecular formula is C52H48N4O7S. The average molecular weight is 873 g/mol. The Morgan fingerprint density at radius 2 is 1.19 bits per heavy atom. The first-order valence-electron chi connectivity index (χ1n) is 21.1. The Morgan fingerprint density at radius 1 is 0.672 bits per heavy atom. The van der Waals surface area contributed by atoms with E-state index < -0.39 is 53.6 Å². The highest BCUT2D eigenvalue weighted by atomic mass is 32.2. The molecule has 1 aliphatic heterocycles. The normalized spacial score (nSPS) is 15.2. The number of carbonyl (C=O) groups excluding carboxylic acids is 3. The third kappa shape index (κ3) is 9.29. The number of aromatic nitrogens is 1. The van der Waals surface area contributed by atoms with Crippen LogP contribution in [0.3, 0.4) is 0 Å². The maximum absolute atomic E-state index is 15.0. The molecule has 0 aliphatic carbocycles. The first kappa shape index (κ1) is 43.5. The molecule has 2 heterocycles. The SMILES string of the molecule is O=C(N[C@@H](Cc1cn(C(c2ccccc2)(c2ccccc2)c2ccccc2)c2ccccc12)C(=O)N1CSC[C@H]1C(=O)N[C@@H](Cc1ccccc1)C(O)C(=O)O)OCc1ccccc1. The number of amides is 3. The fourth-order valence-corrected chi connectivity index (χ4v) is 9.77. The van der Waals surface area contributed by atoms with Crippen LogP contribution in [0.2, 0.25) is 0 Å². The minimum absolute atomic E-state index is 0.0278. The Labute approximate surface area is 375 Å². The number of ether oxygens (including phenoxy) is 1. The maximum atomic E-state index is 15.0. The molecule has 0 bridgehead atoms. The number of nitrogens with zero attached hydrogens (tertiary/aromatic N) is 2. The van der Waals surface area contributed by atoms with E-state index in [2.05, 4.69) is 63.9 Å². The predicted octanol–water partition coefficient (Wildman–Crippen LogP) is 7.39. The number of hydrogen-bond donors (Lipinski definition) is 4. The Balaban J connectivity index is 1.18. The van der Waals surface area contributed by atoms with Crippen molar-refractivity contribution in [1.29, 1.82) is 0 Å². The molecule has 0 spiro atoms. The molecule has 1 aromatic heterocycles. The third-order valence-electron chi connectivity index (χ3n) is 11.7. The second kappa shape index (κ2) is 19.9. The largest absolute Gasteiger partial charge is 0.479 e. The van der Waals surface area contributed by atoms with E-state index in [1.807, 2.05) is 109 Å². The van der Waals surface area contributed by atoms with Gasteiger partial charge in [-0.15, -0.1) is 11.8 Å². The fourth-order valence-electron chi connectivity index (χ4n) is 8.61. The zero-order valence-electron chi connectivity index (χ0n) is 34.9. The zero-order chi connectivity index (χ0) is 44.5. The molecule has 1 fully saturated rings. The highest BCUT2D eigenvalue weighted by Gasteiger charge is 2.42. The van der Waals surface area contributed by atoms with Gasteiger partial charge < -0.3 is 35.1 Å². The fraction of sp³-hybridized carbons (Fsp3) is 0.192. The lowest BCUT2D eigenvalue weighted by Gasteiger charge is -2.38. The summed E-state index contributed by atoms with van der Waals surface area (Å²) in [5.41, 5.74) is 5.30. The molecule has 4 N–H and O–H groups in total. The number of nitrogens with one attached hydrogen (secondary N) is 2. The number of carboxylic acid groups (broad SMARTS) is 1. The molecule has 3 amide bonds. The summed E-state index contributed by atoms with van der Waals surface area (Å²) in [4.78, 5) is 56.2. The maximum Gasteiger partial charge on any atom is 0.408 e. The van der Waals surface area contributed by atoms with Crippen LogP contribution in [0.5, 0.6) is 0 Å². The number of benzene rings is 6. The molecule has 8 rings (SSSR count). The minimum Gasteiger partial charge on any atom is -0.479 e. The number of thioether (sulfide) groups is 1. The smallest absolute Gasteiger partial charge is 0.408 e. The van der Waals surface area contributed by atoms with Gasteiger partial charge in [-0.05, 0) is 45.9 Å². The van der Waals surface area contributed by atoms with E-state index in [0.717, 1.165) is 44.3 Å². The number of rotatable bonds is 16. The number of aliphatic carboxylic acids is 1. The number of hydrogen-bond acceptors (Lipinski definition) is 7. The van der Waals surface area contributed by atoms with E-state index in [9.17, 15) is 24.6 Å². The Hall–Kier alpha value is -7.15. The van der Waals surface area contributed by atoms with Crippen LogP contribution < -0.4 is 10.6 Å². The lowest BCUT2D eigenvalue weighted by atomic mass is 9.76. The Bertz CT molecular complexity index is 2590. The van der Waals surface area contributed by atoms with Crippen LogP contribution in [-0.2, 0) is 44.1 Å². The summed E-state index contributed by atoms with van der Waals surface area (Å²) in [6, 6.07) is 53.5. The van der Waals surface area contributed by atoms with Crippen molar-refractivity contribution < 1.29 is 34.1 Å². The first-order valence-corrected chi connectivity index (χ1v) is 22.3. The van der Waals surface area contributed by atoms with Gasteiger partial charge in [0.1, 0.15) is 24.2 Å². The van der Waals surface area contributed by atoms with Crippen LogP contribution in [0, 0.1) is 0 Å². The van der Waals surface area contributed by atoms with Gasteiger partial charge in [-0.25, -0.2) is 9.59 Å². The molecule has 7 aromatic rings. The van der Waals surface area contributed by atoms with Gasteiger partial charge in [-0.2, -0.15) is 0 Å². The molecule has 1 unspecified atom stereocenters. The molecule has 64 heavy (non-hydrogen) atoms. The van der Waals surface area contributed by atoms with Gasteiger partial charge in [0.2, 0.25) is 11.8 Å². The summed E-state index contributed by atoms with van der Waals surface area (Å²) in [5, 5.41) is 26.9. The number of carbonyl (C=O) groups is 4. The summed E-state index contributed by atoms with van der Waals surface area (Å²) in [6.45, 7) is -0.0278. The number of para-hydroxylation sites is 1. The van der Waals surface area contributed by atoms with Gasteiger partial charge in [-0.3, -0.25) is 9.59 Å². The van der Waals surface area contributed by atoms with E-state index in [0.29, 0.717) is 0 Å². The third-order valence-corrected chi connectivity index (χ3v) is 12.7. The number of aliphatic hydroxyl groups excluding tert-OH is 1. The van der Waals surface area contributed by atoms with E-state index in [1.54, 1.807) is 24.3 Å². The van der Waals surface area contributed by atoms with Crippen molar-refractivity contribution in [2.75, 3.05) is 11.6 Å². The van der Waals surface area contributed by atoms with E-state index in [-0.39, 0.29) is 31.1 Å². The lowest BCUT2D eigenvalue weighted by molar-refractivity contribution is -0.149. The van der Waals surface area contributed by atoms with Crippen LogP contribution >= 0.6 is 11.8 Å². The molecule has 324 valence electrons. The summed E-state index contributed by atoms with van der Waals surface area (Å²) >= 11 is 1.36.